The fourth-order valence-electron chi connectivity index (χ4n) is 2.26. The topological polar surface area (TPSA) is 71.1 Å². The molecule has 0 radical (unpaired) electrons. The monoisotopic (exact) mass is 453 g/mol. The van der Waals surface area contributed by atoms with E-state index in [9.17, 15) is 14.0 Å². The highest BCUT2D eigenvalue weighted by Gasteiger charge is 2.14. The Balaban J connectivity index is 1.93. The number of hydrogen-bond acceptors (Lipinski definition) is 4. The maximum atomic E-state index is 13.8. The predicted octanol–water partition coefficient (Wildman–Crippen LogP) is 4.63. The number of amides is 2. The first-order chi connectivity index (χ1) is 13.0. The standard InChI is InChI=1S/C19H21BrFN3O2S/c1-2-3-4-9-22-18(26)14-6-5-10-23-19(14)27-12-17(25)24-16-8-7-13(20)11-15(16)21/h5-8,10-11H,2-4,9,12H2,1H3,(H,22,26)(H,24,25). The molecule has 0 saturated carbocycles. The summed E-state index contributed by atoms with van der Waals surface area (Å²) in [6.07, 6.45) is 4.63. The first-order valence-electron chi connectivity index (χ1n) is 8.62. The molecule has 2 amide bonds. The average Bonchev–Trinajstić information content (AvgIpc) is 2.66. The van der Waals surface area contributed by atoms with Crippen molar-refractivity contribution in [2.24, 2.45) is 0 Å². The molecule has 144 valence electrons. The number of hydrogen-bond donors (Lipinski definition) is 2. The van der Waals surface area contributed by atoms with Crippen molar-refractivity contribution < 1.29 is 14.0 Å². The quantitative estimate of drug-likeness (QED) is 0.428. The summed E-state index contributed by atoms with van der Waals surface area (Å²) < 4.78 is 14.4. The van der Waals surface area contributed by atoms with Gasteiger partial charge in [-0.25, -0.2) is 9.37 Å². The van der Waals surface area contributed by atoms with Crippen molar-refractivity contribution in [2.75, 3.05) is 17.6 Å². The van der Waals surface area contributed by atoms with Gasteiger partial charge in [-0.3, -0.25) is 9.59 Å². The van der Waals surface area contributed by atoms with Gasteiger partial charge in [0.25, 0.3) is 5.91 Å². The molecule has 0 unspecified atom stereocenters. The Kier molecular flexibility index (Phi) is 8.74. The second-order valence-electron chi connectivity index (χ2n) is 5.78. The highest BCUT2D eigenvalue weighted by molar-refractivity contribution is 9.10. The zero-order valence-corrected chi connectivity index (χ0v) is 17.3. The molecule has 5 nitrogen and oxygen atoms in total. The van der Waals surface area contributed by atoms with E-state index < -0.39 is 5.82 Å². The van der Waals surface area contributed by atoms with E-state index >= 15 is 0 Å². The molecule has 0 atom stereocenters. The molecule has 2 N–H and O–H groups in total. The average molecular weight is 454 g/mol. The predicted molar refractivity (Wildman–Crippen MR) is 110 cm³/mol. The smallest absolute Gasteiger partial charge is 0.254 e. The van der Waals surface area contributed by atoms with Gasteiger partial charge in [-0.1, -0.05) is 47.5 Å². The third kappa shape index (κ3) is 6.95. The number of anilines is 1. The number of thioether (sulfide) groups is 1. The number of halogens is 2. The summed E-state index contributed by atoms with van der Waals surface area (Å²) in [6, 6.07) is 7.77. The molecule has 1 aromatic carbocycles. The summed E-state index contributed by atoms with van der Waals surface area (Å²) in [4.78, 5) is 28.6. The number of rotatable bonds is 9. The van der Waals surface area contributed by atoms with Gasteiger partial charge in [-0.2, -0.15) is 0 Å². The maximum Gasteiger partial charge on any atom is 0.254 e. The van der Waals surface area contributed by atoms with Crippen LogP contribution < -0.4 is 10.6 Å². The second kappa shape index (κ2) is 11.0. The van der Waals surface area contributed by atoms with Gasteiger partial charge in [0.1, 0.15) is 10.8 Å². The first kappa shape index (κ1) is 21.4. The minimum Gasteiger partial charge on any atom is -0.352 e. The molecule has 1 aromatic heterocycles. The van der Waals surface area contributed by atoms with E-state index in [-0.39, 0.29) is 23.3 Å². The lowest BCUT2D eigenvalue weighted by molar-refractivity contribution is -0.113. The number of benzene rings is 1. The Morgan fingerprint density at radius 2 is 2.07 bits per heavy atom. The van der Waals surface area contributed by atoms with Gasteiger partial charge in [-0.05, 0) is 36.8 Å². The Morgan fingerprint density at radius 1 is 1.26 bits per heavy atom. The van der Waals surface area contributed by atoms with Crippen LogP contribution in [0.4, 0.5) is 10.1 Å². The van der Waals surface area contributed by atoms with Crippen molar-refractivity contribution in [3.63, 3.8) is 0 Å². The maximum absolute atomic E-state index is 13.8. The van der Waals surface area contributed by atoms with Crippen LogP contribution in [0, 0.1) is 5.82 Å². The van der Waals surface area contributed by atoms with E-state index in [0.717, 1.165) is 31.0 Å². The number of carbonyl (C=O) groups is 2. The lowest BCUT2D eigenvalue weighted by Crippen LogP contribution is -2.25. The van der Waals surface area contributed by atoms with Crippen LogP contribution in [0.2, 0.25) is 0 Å². The first-order valence-corrected chi connectivity index (χ1v) is 10.4. The van der Waals surface area contributed by atoms with Crippen molar-refractivity contribution >= 4 is 45.2 Å². The summed E-state index contributed by atoms with van der Waals surface area (Å²) in [5.74, 6) is -1.09. The summed E-state index contributed by atoms with van der Waals surface area (Å²) in [7, 11) is 0. The van der Waals surface area contributed by atoms with Crippen LogP contribution in [0.15, 0.2) is 46.0 Å². The Labute approximate surface area is 170 Å². The molecule has 8 heteroatoms. The van der Waals surface area contributed by atoms with Gasteiger partial charge in [0.2, 0.25) is 5.91 Å². The molecule has 0 bridgehead atoms. The van der Waals surface area contributed by atoms with Crippen LogP contribution in [0.5, 0.6) is 0 Å². The molecule has 0 aliphatic heterocycles. The molecule has 0 saturated heterocycles. The summed E-state index contributed by atoms with van der Waals surface area (Å²) in [6.45, 7) is 2.71. The number of nitrogens with zero attached hydrogens (tertiary/aromatic N) is 1. The highest BCUT2D eigenvalue weighted by Crippen LogP contribution is 2.22. The summed E-state index contributed by atoms with van der Waals surface area (Å²) in [5.41, 5.74) is 0.542. The molecule has 0 aliphatic rings. The molecule has 0 fully saturated rings. The van der Waals surface area contributed by atoms with Crippen molar-refractivity contribution in [3.05, 3.63) is 52.4 Å². The minimum absolute atomic E-state index is 0.0165. The van der Waals surface area contributed by atoms with Crippen molar-refractivity contribution in [1.82, 2.24) is 10.3 Å². The lowest BCUT2D eigenvalue weighted by atomic mass is 10.2. The van der Waals surface area contributed by atoms with E-state index in [2.05, 4.69) is 38.5 Å². The molecular formula is C19H21BrFN3O2S. The molecule has 27 heavy (non-hydrogen) atoms. The van der Waals surface area contributed by atoms with E-state index in [4.69, 9.17) is 0 Å². The summed E-state index contributed by atoms with van der Waals surface area (Å²) in [5, 5.41) is 5.86. The van der Waals surface area contributed by atoms with Crippen LogP contribution in [0.3, 0.4) is 0 Å². The van der Waals surface area contributed by atoms with Crippen LogP contribution in [0.25, 0.3) is 0 Å². The van der Waals surface area contributed by atoms with Crippen molar-refractivity contribution in [2.45, 2.75) is 31.2 Å². The normalized spacial score (nSPS) is 10.5. The van der Waals surface area contributed by atoms with Crippen LogP contribution in [-0.2, 0) is 4.79 Å². The van der Waals surface area contributed by atoms with Gasteiger partial charge in [-0.15, -0.1) is 0 Å². The van der Waals surface area contributed by atoms with Gasteiger partial charge in [0.05, 0.1) is 17.0 Å². The molecule has 2 aromatic rings. The molecule has 1 heterocycles. The molecule has 2 rings (SSSR count). The minimum atomic E-state index is -0.521. The fourth-order valence-corrected chi connectivity index (χ4v) is 3.39. The Morgan fingerprint density at radius 3 is 2.81 bits per heavy atom. The number of carbonyl (C=O) groups excluding carboxylic acids is 2. The highest BCUT2D eigenvalue weighted by atomic mass is 79.9. The molecule has 0 spiro atoms. The number of unbranched alkanes of at least 4 members (excludes halogenated alkanes) is 2. The fraction of sp³-hybridized carbons (Fsp3) is 0.316. The Bertz CT molecular complexity index is 804. The molecular weight excluding hydrogens is 433 g/mol. The van der Waals surface area contributed by atoms with E-state index in [0.29, 0.717) is 21.6 Å². The second-order valence-corrected chi connectivity index (χ2v) is 7.66. The number of pyridine rings is 1. The third-order valence-electron chi connectivity index (χ3n) is 3.63. The van der Waals surface area contributed by atoms with E-state index in [1.165, 1.54) is 12.1 Å². The Hall–Kier alpha value is -1.93. The van der Waals surface area contributed by atoms with Crippen molar-refractivity contribution in [3.8, 4) is 0 Å². The zero-order chi connectivity index (χ0) is 19.6. The SMILES string of the molecule is CCCCCNC(=O)c1cccnc1SCC(=O)Nc1ccc(Br)cc1F. The largest absolute Gasteiger partial charge is 0.352 e. The van der Waals surface area contributed by atoms with Gasteiger partial charge in [0, 0.05) is 17.2 Å². The van der Waals surface area contributed by atoms with Crippen molar-refractivity contribution in [1.29, 1.82) is 0 Å². The zero-order valence-electron chi connectivity index (χ0n) is 14.9. The van der Waals surface area contributed by atoms with Crippen LogP contribution >= 0.6 is 27.7 Å². The number of nitrogens with one attached hydrogen (secondary N) is 2. The van der Waals surface area contributed by atoms with E-state index in [1.807, 2.05) is 0 Å². The van der Waals surface area contributed by atoms with Crippen LogP contribution in [0.1, 0.15) is 36.5 Å². The third-order valence-corrected chi connectivity index (χ3v) is 5.13. The van der Waals surface area contributed by atoms with Crippen LogP contribution in [-0.4, -0.2) is 29.1 Å². The summed E-state index contributed by atoms with van der Waals surface area (Å²) >= 11 is 4.31. The molecule has 0 aliphatic carbocycles. The number of aromatic nitrogens is 1. The van der Waals surface area contributed by atoms with Gasteiger partial charge >= 0.3 is 0 Å². The van der Waals surface area contributed by atoms with Gasteiger partial charge < -0.3 is 10.6 Å². The van der Waals surface area contributed by atoms with E-state index in [1.54, 1.807) is 24.4 Å². The lowest BCUT2D eigenvalue weighted by Gasteiger charge is -2.10. The van der Waals surface area contributed by atoms with Gasteiger partial charge in [0.15, 0.2) is 0 Å².